The summed E-state index contributed by atoms with van der Waals surface area (Å²) in [4.78, 5) is 11.7. The number of allylic oxidation sites excluding steroid dienone is 2. The van der Waals surface area contributed by atoms with Crippen LogP contribution >= 0.6 is 0 Å². The van der Waals surface area contributed by atoms with Gasteiger partial charge in [-0.05, 0) is 12.1 Å². The van der Waals surface area contributed by atoms with Crippen molar-refractivity contribution in [2.75, 3.05) is 5.32 Å². The van der Waals surface area contributed by atoms with Crippen LogP contribution < -0.4 is 5.32 Å². The van der Waals surface area contributed by atoms with Crippen molar-refractivity contribution in [2.45, 2.75) is 26.9 Å². The van der Waals surface area contributed by atoms with Crippen LogP contribution in [0.2, 0.25) is 0 Å². The average Bonchev–Trinajstić information content (AvgIpc) is 2.28. The fourth-order valence-corrected chi connectivity index (χ4v) is 1.24. The fourth-order valence-electron chi connectivity index (χ4n) is 1.24. The molecular weight excluding hydrogens is 274 g/mol. The van der Waals surface area contributed by atoms with Crippen molar-refractivity contribution in [3.05, 3.63) is 41.9 Å². The molecule has 0 aliphatic heterocycles. The zero-order chi connectivity index (χ0) is 15.6. The van der Waals surface area contributed by atoms with Crippen molar-refractivity contribution in [1.82, 2.24) is 0 Å². The highest BCUT2D eigenvalue weighted by molar-refractivity contribution is 5.95. The van der Waals surface area contributed by atoms with Crippen LogP contribution in [0.4, 0.5) is 23.2 Å². The number of carbonyl (C=O) groups excluding carboxylic acids is 1. The van der Waals surface area contributed by atoms with Gasteiger partial charge in [-0.2, -0.15) is 13.2 Å². The first-order valence-electron chi connectivity index (χ1n) is 5.86. The van der Waals surface area contributed by atoms with Gasteiger partial charge in [0.1, 0.15) is 11.5 Å². The molecule has 1 aromatic rings. The number of carbonyl (C=O) groups is 1. The Morgan fingerprint density at radius 3 is 2.15 bits per heavy atom. The van der Waals surface area contributed by atoms with Crippen LogP contribution in [0.25, 0.3) is 0 Å². The van der Waals surface area contributed by atoms with Gasteiger partial charge in [-0.3, -0.25) is 4.79 Å². The lowest BCUT2D eigenvalue weighted by molar-refractivity contribution is -0.122. The van der Waals surface area contributed by atoms with Crippen LogP contribution in [0.3, 0.4) is 0 Å². The predicted octanol–water partition coefficient (Wildman–Crippen LogP) is 4.30. The van der Waals surface area contributed by atoms with Crippen molar-refractivity contribution < 1.29 is 22.4 Å². The Morgan fingerprint density at radius 2 is 1.70 bits per heavy atom. The number of alkyl halides is 3. The molecule has 0 spiro atoms. The molecule has 0 amide bonds. The average molecular weight is 289 g/mol. The summed E-state index contributed by atoms with van der Waals surface area (Å²) in [5, 5.41) is 1.93. The Morgan fingerprint density at radius 1 is 1.15 bits per heavy atom. The summed E-state index contributed by atoms with van der Waals surface area (Å²) in [5.74, 6) is -1.53. The summed E-state index contributed by atoms with van der Waals surface area (Å²) >= 11 is 0. The smallest absolute Gasteiger partial charge is 0.349 e. The Labute approximate surface area is 114 Å². The number of ketones is 1. The Bertz CT molecular complexity index is 527. The molecule has 1 rings (SSSR count). The first-order valence-corrected chi connectivity index (χ1v) is 5.86. The Kier molecular flexibility index (Phi) is 4.57. The van der Waals surface area contributed by atoms with E-state index in [9.17, 15) is 22.4 Å². The van der Waals surface area contributed by atoms with E-state index in [1.807, 2.05) is 5.32 Å². The number of anilines is 1. The molecule has 1 N–H and O–H groups in total. The van der Waals surface area contributed by atoms with Crippen LogP contribution in [-0.2, 0) is 4.79 Å². The lowest BCUT2D eigenvalue weighted by Gasteiger charge is -2.18. The van der Waals surface area contributed by atoms with E-state index in [1.54, 1.807) is 0 Å². The molecule has 0 radical (unpaired) electrons. The predicted molar refractivity (Wildman–Crippen MR) is 68.6 cm³/mol. The van der Waals surface area contributed by atoms with Crippen LogP contribution in [0.5, 0.6) is 0 Å². The number of nitrogens with one attached hydrogen (secondary N) is 1. The number of para-hydroxylation sites is 1. The van der Waals surface area contributed by atoms with E-state index in [-0.39, 0.29) is 5.69 Å². The number of hydrogen-bond donors (Lipinski definition) is 1. The maximum atomic E-state index is 13.4. The van der Waals surface area contributed by atoms with Crippen molar-refractivity contribution in [3.63, 3.8) is 0 Å². The monoisotopic (exact) mass is 289 g/mol. The number of benzene rings is 1. The maximum Gasteiger partial charge on any atom is 0.431 e. The molecule has 0 heterocycles. The van der Waals surface area contributed by atoms with Gasteiger partial charge in [0.25, 0.3) is 0 Å². The van der Waals surface area contributed by atoms with Crippen LogP contribution in [0.1, 0.15) is 20.8 Å². The second-order valence-electron chi connectivity index (χ2n) is 5.27. The summed E-state index contributed by atoms with van der Waals surface area (Å²) < 4.78 is 52.0. The number of rotatable bonds is 3. The van der Waals surface area contributed by atoms with E-state index in [4.69, 9.17) is 0 Å². The minimum absolute atomic E-state index is 0.335. The summed E-state index contributed by atoms with van der Waals surface area (Å²) in [6, 6.07) is 4.95. The molecule has 0 bridgehead atoms. The van der Waals surface area contributed by atoms with E-state index in [2.05, 4.69) is 0 Å². The molecule has 0 fully saturated rings. The SMILES string of the molecule is CC(C)(C)C(=O)/C=C(/Nc1ccccc1F)C(F)(F)F. The third-order valence-corrected chi connectivity index (χ3v) is 2.46. The Balaban J connectivity index is 3.13. The van der Waals surface area contributed by atoms with Gasteiger partial charge in [-0.15, -0.1) is 0 Å². The van der Waals surface area contributed by atoms with Gasteiger partial charge in [0.15, 0.2) is 5.78 Å². The molecule has 0 saturated carbocycles. The zero-order valence-corrected chi connectivity index (χ0v) is 11.3. The van der Waals surface area contributed by atoms with Crippen molar-refractivity contribution in [1.29, 1.82) is 0 Å². The number of hydrogen-bond acceptors (Lipinski definition) is 2. The fraction of sp³-hybridized carbons (Fsp3) is 0.357. The second-order valence-corrected chi connectivity index (χ2v) is 5.27. The molecule has 0 atom stereocenters. The second kappa shape index (κ2) is 5.64. The van der Waals surface area contributed by atoms with Gasteiger partial charge < -0.3 is 5.32 Å². The zero-order valence-electron chi connectivity index (χ0n) is 11.3. The van der Waals surface area contributed by atoms with E-state index >= 15 is 0 Å². The summed E-state index contributed by atoms with van der Waals surface area (Å²) in [6.07, 6.45) is -4.31. The van der Waals surface area contributed by atoms with Crippen molar-refractivity contribution >= 4 is 11.5 Å². The third-order valence-electron chi connectivity index (χ3n) is 2.46. The van der Waals surface area contributed by atoms with E-state index in [0.717, 1.165) is 12.1 Å². The largest absolute Gasteiger partial charge is 0.431 e. The van der Waals surface area contributed by atoms with Gasteiger partial charge in [0.2, 0.25) is 0 Å². The first-order chi connectivity index (χ1) is 9.01. The lowest BCUT2D eigenvalue weighted by atomic mass is 9.90. The highest BCUT2D eigenvalue weighted by atomic mass is 19.4. The molecule has 0 aliphatic carbocycles. The Hall–Kier alpha value is -1.85. The minimum atomic E-state index is -4.77. The molecule has 0 saturated heterocycles. The van der Waals surface area contributed by atoms with Gasteiger partial charge >= 0.3 is 6.18 Å². The normalized spacial score (nSPS) is 13.2. The molecule has 110 valence electrons. The molecule has 0 aromatic heterocycles. The quantitative estimate of drug-likeness (QED) is 0.664. The number of halogens is 4. The molecule has 0 unspecified atom stereocenters. The van der Waals surface area contributed by atoms with Crippen LogP contribution in [0, 0.1) is 11.2 Å². The summed E-state index contributed by atoms with van der Waals surface area (Å²) in [7, 11) is 0. The lowest BCUT2D eigenvalue weighted by Crippen LogP contribution is -2.25. The van der Waals surface area contributed by atoms with Gasteiger partial charge in [0, 0.05) is 11.5 Å². The third kappa shape index (κ3) is 4.36. The van der Waals surface area contributed by atoms with E-state index in [1.165, 1.54) is 32.9 Å². The van der Waals surface area contributed by atoms with E-state index in [0.29, 0.717) is 6.08 Å². The van der Waals surface area contributed by atoms with Gasteiger partial charge in [-0.1, -0.05) is 32.9 Å². The maximum absolute atomic E-state index is 13.4. The molecule has 6 heteroatoms. The molecular formula is C14H15F4NO. The van der Waals surface area contributed by atoms with Crippen molar-refractivity contribution in [3.8, 4) is 0 Å². The van der Waals surface area contributed by atoms with Crippen LogP contribution in [-0.4, -0.2) is 12.0 Å². The van der Waals surface area contributed by atoms with Crippen molar-refractivity contribution in [2.24, 2.45) is 5.41 Å². The molecule has 20 heavy (non-hydrogen) atoms. The standard InChI is InChI=1S/C14H15F4NO/c1-13(2,3)12(20)8-11(14(16,17)18)19-10-7-5-4-6-9(10)15/h4-8,19H,1-3H3/b11-8+. The molecule has 0 aliphatic rings. The highest BCUT2D eigenvalue weighted by Crippen LogP contribution is 2.29. The van der Waals surface area contributed by atoms with Gasteiger partial charge in [0.05, 0.1) is 5.69 Å². The molecule has 1 aromatic carbocycles. The van der Waals surface area contributed by atoms with Gasteiger partial charge in [-0.25, -0.2) is 4.39 Å². The summed E-state index contributed by atoms with van der Waals surface area (Å²) in [6.45, 7) is 4.51. The highest BCUT2D eigenvalue weighted by Gasteiger charge is 2.36. The van der Waals surface area contributed by atoms with Crippen LogP contribution in [0.15, 0.2) is 36.0 Å². The topological polar surface area (TPSA) is 29.1 Å². The molecule has 2 nitrogen and oxygen atoms in total. The first kappa shape index (κ1) is 16.2. The van der Waals surface area contributed by atoms with E-state index < -0.39 is 28.9 Å². The minimum Gasteiger partial charge on any atom is -0.349 e. The summed E-state index contributed by atoms with van der Waals surface area (Å²) in [5.41, 5.74) is -2.58.